The largest absolute Gasteiger partial charge is 0.350 e. The fraction of sp³-hybridized carbons (Fsp3) is 0.471. The van der Waals surface area contributed by atoms with Gasteiger partial charge in [-0.2, -0.15) is 0 Å². The fourth-order valence-electron chi connectivity index (χ4n) is 3.71. The SMILES string of the molecule is Cc1c(C(=O)N2C[C@@H](N)[C@H](C3CC3)C2)[nH]c2ccc(F)cc12. The summed E-state index contributed by atoms with van der Waals surface area (Å²) in [5.74, 6) is 0.829. The van der Waals surface area contributed by atoms with Crippen LogP contribution >= 0.6 is 0 Å². The number of fused-ring (bicyclic) bond motifs is 1. The lowest BCUT2D eigenvalue weighted by Crippen LogP contribution is -2.33. The first-order valence-electron chi connectivity index (χ1n) is 7.87. The molecule has 1 aliphatic heterocycles. The number of carbonyl (C=O) groups is 1. The molecule has 1 saturated carbocycles. The lowest BCUT2D eigenvalue weighted by Gasteiger charge is -2.16. The maximum Gasteiger partial charge on any atom is 0.270 e. The van der Waals surface area contributed by atoms with Gasteiger partial charge in [-0.3, -0.25) is 4.79 Å². The molecule has 2 aromatic rings. The van der Waals surface area contributed by atoms with E-state index in [1.807, 2.05) is 11.8 Å². The molecule has 22 heavy (non-hydrogen) atoms. The molecule has 2 atom stereocenters. The van der Waals surface area contributed by atoms with E-state index in [1.165, 1.54) is 25.0 Å². The number of likely N-dealkylation sites (tertiary alicyclic amines) is 1. The van der Waals surface area contributed by atoms with Crippen molar-refractivity contribution >= 4 is 16.8 Å². The number of H-pyrrole nitrogens is 1. The molecule has 116 valence electrons. The number of aromatic nitrogens is 1. The Bertz CT molecular complexity index is 750. The Morgan fingerprint density at radius 3 is 2.86 bits per heavy atom. The Morgan fingerprint density at radius 1 is 1.36 bits per heavy atom. The monoisotopic (exact) mass is 301 g/mol. The van der Waals surface area contributed by atoms with Gasteiger partial charge in [0.1, 0.15) is 11.5 Å². The molecule has 1 aromatic carbocycles. The van der Waals surface area contributed by atoms with Crippen molar-refractivity contribution in [3.05, 3.63) is 35.3 Å². The number of aryl methyl sites for hydroxylation is 1. The highest BCUT2D eigenvalue weighted by molar-refractivity contribution is 6.01. The summed E-state index contributed by atoms with van der Waals surface area (Å²) < 4.78 is 13.4. The highest BCUT2D eigenvalue weighted by Gasteiger charge is 2.42. The number of carbonyl (C=O) groups excluding carboxylic acids is 1. The zero-order chi connectivity index (χ0) is 15.4. The topological polar surface area (TPSA) is 62.1 Å². The highest BCUT2D eigenvalue weighted by Crippen LogP contribution is 2.41. The van der Waals surface area contributed by atoms with Gasteiger partial charge in [0.15, 0.2) is 0 Å². The van der Waals surface area contributed by atoms with Crippen LogP contribution in [0.25, 0.3) is 10.9 Å². The number of aromatic amines is 1. The Labute approximate surface area is 128 Å². The average Bonchev–Trinajstić information content (AvgIpc) is 3.19. The quantitative estimate of drug-likeness (QED) is 0.895. The van der Waals surface area contributed by atoms with Crippen LogP contribution in [0.5, 0.6) is 0 Å². The van der Waals surface area contributed by atoms with Gasteiger partial charge in [0.05, 0.1) is 0 Å². The van der Waals surface area contributed by atoms with E-state index in [4.69, 9.17) is 5.73 Å². The van der Waals surface area contributed by atoms with E-state index in [1.54, 1.807) is 6.07 Å². The van der Waals surface area contributed by atoms with E-state index in [9.17, 15) is 9.18 Å². The van der Waals surface area contributed by atoms with Crippen LogP contribution in [0.15, 0.2) is 18.2 Å². The molecule has 3 N–H and O–H groups in total. The van der Waals surface area contributed by atoms with Crippen molar-refractivity contribution in [3.63, 3.8) is 0 Å². The summed E-state index contributed by atoms with van der Waals surface area (Å²) in [4.78, 5) is 17.8. The molecule has 2 fully saturated rings. The van der Waals surface area contributed by atoms with Crippen molar-refractivity contribution in [2.45, 2.75) is 25.8 Å². The summed E-state index contributed by atoms with van der Waals surface area (Å²) in [6.45, 7) is 3.22. The van der Waals surface area contributed by atoms with Gasteiger partial charge in [-0.25, -0.2) is 4.39 Å². The number of nitrogens with zero attached hydrogens (tertiary/aromatic N) is 1. The van der Waals surface area contributed by atoms with Crippen LogP contribution in [-0.2, 0) is 0 Å². The van der Waals surface area contributed by atoms with E-state index in [0.29, 0.717) is 24.1 Å². The lowest BCUT2D eigenvalue weighted by molar-refractivity contribution is 0.0779. The molecule has 2 heterocycles. The normalized spacial score (nSPS) is 25.1. The maximum atomic E-state index is 13.4. The van der Waals surface area contributed by atoms with Crippen LogP contribution in [-0.4, -0.2) is 34.9 Å². The number of amides is 1. The van der Waals surface area contributed by atoms with Gasteiger partial charge in [0.25, 0.3) is 5.91 Å². The number of nitrogens with one attached hydrogen (secondary N) is 1. The molecule has 2 aliphatic rings. The minimum atomic E-state index is -0.286. The molecule has 0 spiro atoms. The van der Waals surface area contributed by atoms with E-state index >= 15 is 0 Å². The van der Waals surface area contributed by atoms with Gasteiger partial charge < -0.3 is 15.6 Å². The van der Waals surface area contributed by atoms with Crippen molar-refractivity contribution in [3.8, 4) is 0 Å². The molecule has 0 radical (unpaired) electrons. The van der Waals surface area contributed by atoms with Crippen molar-refractivity contribution in [1.82, 2.24) is 9.88 Å². The summed E-state index contributed by atoms with van der Waals surface area (Å²) in [7, 11) is 0. The van der Waals surface area contributed by atoms with Crippen molar-refractivity contribution < 1.29 is 9.18 Å². The average molecular weight is 301 g/mol. The van der Waals surface area contributed by atoms with Crippen LogP contribution in [0.1, 0.15) is 28.9 Å². The third-order valence-electron chi connectivity index (χ3n) is 5.16. The maximum absolute atomic E-state index is 13.4. The summed E-state index contributed by atoms with van der Waals surface area (Å²) in [6, 6.07) is 4.64. The molecule has 4 rings (SSSR count). The molecule has 0 bridgehead atoms. The standard InChI is InChI=1S/C17H20FN3O/c1-9-12-6-11(18)4-5-15(12)20-16(9)17(22)21-7-13(10-2-3-10)14(19)8-21/h4-6,10,13-14,20H,2-3,7-8,19H2,1H3/t13-,14+/m0/s1. The number of rotatable bonds is 2. The zero-order valence-electron chi connectivity index (χ0n) is 12.6. The fourth-order valence-corrected chi connectivity index (χ4v) is 3.71. The number of nitrogens with two attached hydrogens (primary N) is 1. The minimum Gasteiger partial charge on any atom is -0.350 e. The Hall–Kier alpha value is -1.88. The summed E-state index contributed by atoms with van der Waals surface area (Å²) in [5, 5.41) is 0.769. The molecule has 0 unspecified atom stereocenters. The summed E-state index contributed by atoms with van der Waals surface area (Å²) in [6.07, 6.45) is 2.48. The number of hydrogen-bond acceptors (Lipinski definition) is 2. The molecular weight excluding hydrogens is 281 g/mol. The molecule has 4 nitrogen and oxygen atoms in total. The molecule has 5 heteroatoms. The molecule has 1 aliphatic carbocycles. The van der Waals surface area contributed by atoms with Crippen LogP contribution in [0, 0.1) is 24.6 Å². The molecule has 1 aromatic heterocycles. The van der Waals surface area contributed by atoms with Crippen LogP contribution in [0.3, 0.4) is 0 Å². The number of halogens is 1. The van der Waals surface area contributed by atoms with E-state index in [-0.39, 0.29) is 17.8 Å². The van der Waals surface area contributed by atoms with Gasteiger partial charge >= 0.3 is 0 Å². The summed E-state index contributed by atoms with van der Waals surface area (Å²) in [5.41, 5.74) is 8.37. The second-order valence-corrected chi connectivity index (χ2v) is 6.69. The van der Waals surface area contributed by atoms with Gasteiger partial charge in [-0.1, -0.05) is 0 Å². The van der Waals surface area contributed by atoms with Crippen LogP contribution < -0.4 is 5.73 Å². The smallest absolute Gasteiger partial charge is 0.270 e. The highest BCUT2D eigenvalue weighted by atomic mass is 19.1. The van der Waals surface area contributed by atoms with E-state index in [0.717, 1.165) is 23.0 Å². The second-order valence-electron chi connectivity index (χ2n) is 6.69. The Morgan fingerprint density at radius 2 is 2.14 bits per heavy atom. The van der Waals surface area contributed by atoms with Gasteiger partial charge in [0, 0.05) is 30.0 Å². The third-order valence-corrected chi connectivity index (χ3v) is 5.16. The van der Waals surface area contributed by atoms with Crippen LogP contribution in [0.2, 0.25) is 0 Å². The van der Waals surface area contributed by atoms with Crippen molar-refractivity contribution in [2.75, 3.05) is 13.1 Å². The Kier molecular flexibility index (Phi) is 3.01. The number of benzene rings is 1. The van der Waals surface area contributed by atoms with E-state index in [2.05, 4.69) is 4.98 Å². The van der Waals surface area contributed by atoms with Gasteiger partial charge in [0.2, 0.25) is 0 Å². The zero-order valence-corrected chi connectivity index (χ0v) is 12.6. The van der Waals surface area contributed by atoms with Crippen LogP contribution in [0.4, 0.5) is 4.39 Å². The lowest BCUT2D eigenvalue weighted by atomic mass is 9.99. The molecule has 1 saturated heterocycles. The first-order chi connectivity index (χ1) is 10.5. The predicted octanol–water partition coefficient (Wildman–Crippen LogP) is 2.42. The predicted molar refractivity (Wildman–Crippen MR) is 83.1 cm³/mol. The first kappa shape index (κ1) is 13.8. The Balaban J connectivity index is 1.64. The molecule has 1 amide bonds. The van der Waals surface area contributed by atoms with Crippen molar-refractivity contribution in [1.29, 1.82) is 0 Å². The first-order valence-corrected chi connectivity index (χ1v) is 7.87. The van der Waals surface area contributed by atoms with E-state index < -0.39 is 0 Å². The molecular formula is C17H20FN3O. The number of hydrogen-bond donors (Lipinski definition) is 2. The van der Waals surface area contributed by atoms with Crippen molar-refractivity contribution in [2.24, 2.45) is 17.6 Å². The second kappa shape index (κ2) is 4.81. The summed E-state index contributed by atoms with van der Waals surface area (Å²) >= 11 is 0. The van der Waals surface area contributed by atoms with Gasteiger partial charge in [-0.15, -0.1) is 0 Å². The minimum absolute atomic E-state index is 0.0206. The van der Waals surface area contributed by atoms with Gasteiger partial charge in [-0.05, 0) is 55.4 Å². The third kappa shape index (κ3) is 2.11.